The third-order valence-electron chi connectivity index (χ3n) is 5.21. The van der Waals surface area contributed by atoms with Crippen LogP contribution in [-0.2, 0) is 12.1 Å². The summed E-state index contributed by atoms with van der Waals surface area (Å²) in [5, 5.41) is 7.55. The molecule has 1 aliphatic carbocycles. The van der Waals surface area contributed by atoms with Gasteiger partial charge in [0.25, 0.3) is 5.91 Å². The van der Waals surface area contributed by atoms with Crippen LogP contribution in [0.15, 0.2) is 43.0 Å². The van der Waals surface area contributed by atoms with E-state index in [0.717, 1.165) is 16.5 Å². The molecule has 1 fully saturated rings. The molecule has 3 aromatic rings. The fourth-order valence-corrected chi connectivity index (χ4v) is 3.53. The molecule has 1 aliphatic heterocycles. The van der Waals surface area contributed by atoms with E-state index in [1.54, 1.807) is 36.7 Å². The normalized spacial score (nSPS) is 17.7. The van der Waals surface area contributed by atoms with Gasteiger partial charge in [0.05, 0.1) is 6.54 Å². The van der Waals surface area contributed by atoms with Gasteiger partial charge in [-0.1, -0.05) is 6.07 Å². The van der Waals surface area contributed by atoms with Crippen LogP contribution in [0.3, 0.4) is 0 Å². The number of fused-ring (bicyclic) bond motifs is 1. The summed E-state index contributed by atoms with van der Waals surface area (Å²) in [6, 6.07) is 6.47. The summed E-state index contributed by atoms with van der Waals surface area (Å²) < 4.78 is 41.6. The highest BCUT2D eigenvalue weighted by molar-refractivity contribution is 6.09. The number of carbonyl (C=O) groups is 1. The van der Waals surface area contributed by atoms with Crippen LogP contribution in [0.25, 0.3) is 11.5 Å². The van der Waals surface area contributed by atoms with Gasteiger partial charge in [0.15, 0.2) is 5.82 Å². The Kier molecular flexibility index (Phi) is 3.37. The van der Waals surface area contributed by atoms with Gasteiger partial charge in [0, 0.05) is 23.5 Å². The lowest BCUT2D eigenvalue weighted by Gasteiger charge is -2.22. The van der Waals surface area contributed by atoms with E-state index in [9.17, 15) is 18.0 Å². The first-order chi connectivity index (χ1) is 13.4. The van der Waals surface area contributed by atoms with Crippen LogP contribution in [-0.4, -0.2) is 36.8 Å². The maximum Gasteiger partial charge on any atom is 0.412 e. The van der Waals surface area contributed by atoms with Crippen LogP contribution in [0, 0.1) is 0 Å². The monoisotopic (exact) mass is 386 g/mol. The molecule has 0 bridgehead atoms. The van der Waals surface area contributed by atoms with Crippen molar-refractivity contribution in [3.8, 4) is 11.5 Å². The molecule has 0 spiro atoms. The number of rotatable bonds is 3. The van der Waals surface area contributed by atoms with E-state index in [1.165, 1.54) is 4.90 Å². The van der Waals surface area contributed by atoms with Crippen LogP contribution in [0.5, 0.6) is 0 Å². The predicted molar refractivity (Wildman–Crippen MR) is 91.3 cm³/mol. The minimum atomic E-state index is -4.40. The van der Waals surface area contributed by atoms with Crippen molar-refractivity contribution >= 4 is 11.7 Å². The molecule has 142 valence electrons. The SMILES string of the molecule is O=C1c2ccncc2CN1c1cccc(-c2nncn2C2(C(F)(F)F)CC2)n1. The summed E-state index contributed by atoms with van der Waals surface area (Å²) in [6.45, 7) is 0.303. The smallest absolute Gasteiger partial charge is 0.297 e. The molecule has 3 aromatic heterocycles. The average molecular weight is 386 g/mol. The molecule has 28 heavy (non-hydrogen) atoms. The van der Waals surface area contributed by atoms with Gasteiger partial charge in [0.1, 0.15) is 23.4 Å². The Balaban J connectivity index is 1.53. The van der Waals surface area contributed by atoms with Gasteiger partial charge in [-0.05, 0) is 31.0 Å². The zero-order chi connectivity index (χ0) is 19.5. The Labute approximate surface area is 156 Å². The van der Waals surface area contributed by atoms with Crippen molar-refractivity contribution in [1.82, 2.24) is 24.7 Å². The zero-order valence-electron chi connectivity index (χ0n) is 14.4. The van der Waals surface area contributed by atoms with Gasteiger partial charge in [-0.3, -0.25) is 19.2 Å². The highest BCUT2D eigenvalue weighted by Gasteiger charge is 2.65. The summed E-state index contributed by atoms with van der Waals surface area (Å²) >= 11 is 0. The fraction of sp³-hybridized carbons (Fsp3) is 0.278. The first-order valence-electron chi connectivity index (χ1n) is 8.60. The third kappa shape index (κ3) is 2.33. The molecule has 0 N–H and O–H groups in total. The Morgan fingerprint density at radius 1 is 1.14 bits per heavy atom. The number of carbonyl (C=O) groups excluding carboxylic acids is 1. The fourth-order valence-electron chi connectivity index (χ4n) is 3.53. The summed E-state index contributed by atoms with van der Waals surface area (Å²) in [5.41, 5.74) is -0.432. The second kappa shape index (κ2) is 5.60. The van der Waals surface area contributed by atoms with Crippen LogP contribution >= 0.6 is 0 Å². The molecule has 0 atom stereocenters. The lowest BCUT2D eigenvalue weighted by atomic mass is 10.2. The first-order valence-corrected chi connectivity index (χ1v) is 8.60. The Bertz CT molecular complexity index is 1090. The van der Waals surface area contributed by atoms with Crippen LogP contribution < -0.4 is 4.90 Å². The molecule has 7 nitrogen and oxygen atoms in total. The zero-order valence-corrected chi connectivity index (χ0v) is 14.4. The molecule has 0 aromatic carbocycles. The van der Waals surface area contributed by atoms with Crippen LogP contribution in [0.2, 0.25) is 0 Å². The molecule has 10 heteroatoms. The lowest BCUT2D eigenvalue weighted by molar-refractivity contribution is -0.179. The summed E-state index contributed by atoms with van der Waals surface area (Å²) in [5.74, 6) is 0.144. The number of halogens is 3. The summed E-state index contributed by atoms with van der Waals surface area (Å²) in [6.07, 6.45) is -0.191. The number of alkyl halides is 3. The standard InChI is InChI=1S/C18H13F3N6O/c19-18(20,21)17(5-6-17)27-10-23-25-15(27)13-2-1-3-14(24-13)26-9-11-8-22-7-4-12(11)16(26)28/h1-4,7-8,10H,5-6,9H2. The third-order valence-corrected chi connectivity index (χ3v) is 5.21. The molecule has 1 amide bonds. The maximum absolute atomic E-state index is 13.5. The average Bonchev–Trinajstić information content (AvgIpc) is 3.24. The van der Waals surface area contributed by atoms with Gasteiger partial charge < -0.3 is 0 Å². The van der Waals surface area contributed by atoms with Gasteiger partial charge in [0.2, 0.25) is 0 Å². The van der Waals surface area contributed by atoms with Gasteiger partial charge in [-0.25, -0.2) is 4.98 Å². The Morgan fingerprint density at radius 2 is 1.96 bits per heavy atom. The Hall–Kier alpha value is -3.30. The van der Waals surface area contributed by atoms with E-state index in [-0.39, 0.29) is 30.3 Å². The highest BCUT2D eigenvalue weighted by Crippen LogP contribution is 2.56. The summed E-state index contributed by atoms with van der Waals surface area (Å²) in [7, 11) is 0. The molecule has 1 saturated carbocycles. The van der Waals surface area contributed by atoms with Crippen molar-refractivity contribution in [3.05, 3.63) is 54.1 Å². The molecular weight excluding hydrogens is 373 g/mol. The van der Waals surface area contributed by atoms with Crippen molar-refractivity contribution in [2.24, 2.45) is 0 Å². The number of hydrogen-bond acceptors (Lipinski definition) is 5. The van der Waals surface area contributed by atoms with E-state index in [1.807, 2.05) is 0 Å². The maximum atomic E-state index is 13.5. The number of aromatic nitrogens is 5. The summed E-state index contributed by atoms with van der Waals surface area (Å²) in [4.78, 5) is 22.5. The van der Waals surface area contributed by atoms with Crippen molar-refractivity contribution in [3.63, 3.8) is 0 Å². The number of nitrogens with zero attached hydrogens (tertiary/aromatic N) is 6. The molecule has 4 heterocycles. The predicted octanol–water partition coefficient (Wildman–Crippen LogP) is 2.95. The largest absolute Gasteiger partial charge is 0.412 e. The molecular formula is C18H13F3N6O. The molecule has 2 aliphatic rings. The lowest BCUT2D eigenvalue weighted by Crippen LogP contribution is -2.35. The molecule has 0 saturated heterocycles. The molecule has 0 unspecified atom stereocenters. The van der Waals surface area contributed by atoms with Crippen LogP contribution in [0.4, 0.5) is 19.0 Å². The van der Waals surface area contributed by atoms with Crippen molar-refractivity contribution in [2.45, 2.75) is 31.1 Å². The minimum absolute atomic E-state index is 0.0197. The van der Waals surface area contributed by atoms with Gasteiger partial charge >= 0.3 is 6.18 Å². The number of pyridine rings is 2. The second-order valence-electron chi connectivity index (χ2n) is 6.86. The molecule has 0 radical (unpaired) electrons. The highest BCUT2D eigenvalue weighted by atomic mass is 19.4. The van der Waals surface area contributed by atoms with Crippen molar-refractivity contribution < 1.29 is 18.0 Å². The first kappa shape index (κ1) is 16.8. The minimum Gasteiger partial charge on any atom is -0.297 e. The van der Waals surface area contributed by atoms with Gasteiger partial charge in [-0.15, -0.1) is 10.2 Å². The topological polar surface area (TPSA) is 76.8 Å². The number of hydrogen-bond donors (Lipinski definition) is 0. The number of anilines is 1. The van der Waals surface area contributed by atoms with Crippen molar-refractivity contribution in [1.29, 1.82) is 0 Å². The van der Waals surface area contributed by atoms with E-state index in [2.05, 4.69) is 20.2 Å². The van der Waals surface area contributed by atoms with Crippen molar-refractivity contribution in [2.75, 3.05) is 4.90 Å². The quantitative estimate of drug-likeness (QED) is 0.692. The van der Waals surface area contributed by atoms with Gasteiger partial charge in [-0.2, -0.15) is 13.2 Å². The van der Waals surface area contributed by atoms with E-state index < -0.39 is 11.7 Å². The van der Waals surface area contributed by atoms with Crippen LogP contribution in [0.1, 0.15) is 28.8 Å². The van der Waals surface area contributed by atoms with E-state index in [0.29, 0.717) is 17.9 Å². The molecule has 5 rings (SSSR count). The Morgan fingerprint density at radius 3 is 2.68 bits per heavy atom. The van der Waals surface area contributed by atoms with E-state index in [4.69, 9.17) is 0 Å². The number of amides is 1. The second-order valence-corrected chi connectivity index (χ2v) is 6.86. The van der Waals surface area contributed by atoms with E-state index >= 15 is 0 Å².